The van der Waals surface area contributed by atoms with Gasteiger partial charge in [0.15, 0.2) is 0 Å². The fourth-order valence-corrected chi connectivity index (χ4v) is 2.03. The van der Waals surface area contributed by atoms with E-state index in [2.05, 4.69) is 0 Å². The van der Waals surface area contributed by atoms with Crippen LogP contribution in [0, 0.1) is 19.5 Å². The summed E-state index contributed by atoms with van der Waals surface area (Å²) in [6.07, 6.45) is -0.484. The van der Waals surface area contributed by atoms with Crippen molar-refractivity contribution in [1.29, 1.82) is 0 Å². The third kappa shape index (κ3) is 1.96. The van der Waals surface area contributed by atoms with Crippen molar-refractivity contribution in [2.75, 3.05) is 18.0 Å². The predicted molar refractivity (Wildman–Crippen MR) is 64.0 cm³/mol. The van der Waals surface area contributed by atoms with Crippen LogP contribution in [0.15, 0.2) is 12.1 Å². The number of hydrogen-bond donors (Lipinski definition) is 1. The highest BCUT2D eigenvalue weighted by atomic mass is 127. The number of nitro groups is 1. The van der Waals surface area contributed by atoms with Crippen LogP contribution in [0.4, 0.5) is 15.8 Å². The zero-order chi connectivity index (χ0) is 11.9. The van der Waals surface area contributed by atoms with Gasteiger partial charge in [0.25, 0.3) is 5.69 Å². The fraction of sp³-hybridized carbons (Fsp3) is 0.333. The number of benzene rings is 1. The average molecular weight is 338 g/mol. The predicted octanol–water partition coefficient (Wildman–Crippen LogP) is 1.52. The second-order valence-electron chi connectivity index (χ2n) is 3.57. The van der Waals surface area contributed by atoms with Crippen LogP contribution >= 0.6 is 22.6 Å². The summed E-state index contributed by atoms with van der Waals surface area (Å²) in [4.78, 5) is 11.8. The highest BCUT2D eigenvalue weighted by Gasteiger charge is 2.30. The lowest BCUT2D eigenvalue weighted by Gasteiger charge is -2.37. The quantitative estimate of drug-likeness (QED) is 0.504. The van der Waals surface area contributed by atoms with Gasteiger partial charge in [-0.1, -0.05) is 0 Å². The Morgan fingerprint density at radius 1 is 1.56 bits per heavy atom. The third-order valence-corrected chi connectivity index (χ3v) is 3.24. The van der Waals surface area contributed by atoms with Crippen molar-refractivity contribution < 1.29 is 14.4 Å². The van der Waals surface area contributed by atoms with Crippen LogP contribution in [0.2, 0.25) is 0 Å². The van der Waals surface area contributed by atoms with Crippen molar-refractivity contribution in [2.45, 2.75) is 6.10 Å². The van der Waals surface area contributed by atoms with Crippen LogP contribution in [0.5, 0.6) is 0 Å². The molecule has 1 aliphatic rings. The summed E-state index contributed by atoms with van der Waals surface area (Å²) < 4.78 is 13.5. The van der Waals surface area contributed by atoms with E-state index < -0.39 is 16.8 Å². The van der Waals surface area contributed by atoms with Gasteiger partial charge >= 0.3 is 0 Å². The zero-order valence-electron chi connectivity index (χ0n) is 8.06. The number of halogens is 2. The first kappa shape index (κ1) is 11.5. The van der Waals surface area contributed by atoms with Gasteiger partial charge in [0.05, 0.1) is 14.6 Å². The molecule has 0 aromatic heterocycles. The minimum absolute atomic E-state index is 0.127. The molecule has 1 aromatic rings. The lowest BCUT2D eigenvalue weighted by atomic mass is 10.1. The van der Waals surface area contributed by atoms with Crippen molar-refractivity contribution in [3.63, 3.8) is 0 Å². The van der Waals surface area contributed by atoms with Gasteiger partial charge in [-0.3, -0.25) is 10.1 Å². The molecular weight excluding hydrogens is 330 g/mol. The summed E-state index contributed by atoms with van der Waals surface area (Å²) in [7, 11) is 0. The van der Waals surface area contributed by atoms with Crippen molar-refractivity contribution in [2.24, 2.45) is 0 Å². The second-order valence-corrected chi connectivity index (χ2v) is 4.73. The molecule has 0 spiro atoms. The Morgan fingerprint density at radius 3 is 2.69 bits per heavy atom. The maximum atomic E-state index is 13.3. The van der Waals surface area contributed by atoms with E-state index in [1.54, 1.807) is 27.5 Å². The Balaban J connectivity index is 2.42. The molecule has 1 N–H and O–H groups in total. The maximum Gasteiger partial charge on any atom is 0.293 e. The molecule has 1 heterocycles. The highest BCUT2D eigenvalue weighted by molar-refractivity contribution is 14.1. The largest absolute Gasteiger partial charge is 0.389 e. The van der Waals surface area contributed by atoms with Gasteiger partial charge in [-0.2, -0.15) is 0 Å². The Morgan fingerprint density at radius 2 is 2.19 bits per heavy atom. The minimum atomic E-state index is -0.540. The van der Waals surface area contributed by atoms with E-state index in [0.29, 0.717) is 13.1 Å². The van der Waals surface area contributed by atoms with Gasteiger partial charge < -0.3 is 10.0 Å². The number of rotatable bonds is 2. The van der Waals surface area contributed by atoms with Crippen LogP contribution in [-0.4, -0.2) is 29.2 Å². The van der Waals surface area contributed by atoms with Crippen LogP contribution < -0.4 is 4.90 Å². The van der Waals surface area contributed by atoms with E-state index >= 15 is 0 Å². The van der Waals surface area contributed by atoms with E-state index in [1.807, 2.05) is 0 Å². The molecule has 1 saturated heterocycles. The number of β-amino-alcohol motifs (C(OH)–C–C–N with tert-alkyl or cyclic N) is 1. The lowest BCUT2D eigenvalue weighted by Crippen LogP contribution is -2.51. The summed E-state index contributed by atoms with van der Waals surface area (Å²) in [5.74, 6) is -0.484. The molecule has 0 amide bonds. The Hall–Kier alpha value is -0.960. The van der Waals surface area contributed by atoms with Gasteiger partial charge in [0.1, 0.15) is 11.5 Å². The SMILES string of the molecule is O=[N+]([O-])c1cc(I)c(F)cc1N1CC(O)C1. The number of aliphatic hydroxyl groups excluding tert-OH is 1. The van der Waals surface area contributed by atoms with Crippen molar-refractivity contribution in [3.05, 3.63) is 31.6 Å². The number of nitrogens with zero attached hydrogens (tertiary/aromatic N) is 2. The van der Waals surface area contributed by atoms with Crippen LogP contribution in [0.3, 0.4) is 0 Å². The first-order chi connectivity index (χ1) is 7.49. The van der Waals surface area contributed by atoms with E-state index in [9.17, 15) is 14.5 Å². The highest BCUT2D eigenvalue weighted by Crippen LogP contribution is 2.34. The molecule has 1 fully saturated rings. The molecule has 0 atom stereocenters. The van der Waals surface area contributed by atoms with Crippen molar-refractivity contribution in [1.82, 2.24) is 0 Å². The van der Waals surface area contributed by atoms with Crippen molar-refractivity contribution >= 4 is 34.0 Å². The Kier molecular flexibility index (Phi) is 2.98. The first-order valence-corrected chi connectivity index (χ1v) is 5.63. The molecule has 0 bridgehead atoms. The van der Waals surface area contributed by atoms with Crippen LogP contribution in [0.1, 0.15) is 0 Å². The number of nitro benzene ring substituents is 1. The summed E-state index contributed by atoms with van der Waals surface area (Å²) in [5, 5.41) is 19.9. The molecule has 0 aliphatic carbocycles. The smallest absolute Gasteiger partial charge is 0.293 e. The molecule has 1 aliphatic heterocycles. The van der Waals surface area contributed by atoms with Gasteiger partial charge in [-0.25, -0.2) is 4.39 Å². The standard InChI is InChI=1S/C9H8FIN2O3/c10-6-1-8(12-3-5(14)4-12)9(13(15)16)2-7(6)11/h1-2,5,14H,3-4H2. The molecule has 1 aromatic carbocycles. The van der Waals surface area contributed by atoms with Gasteiger partial charge in [-0.15, -0.1) is 0 Å². The second kappa shape index (κ2) is 4.13. The van der Waals surface area contributed by atoms with Gasteiger partial charge in [-0.05, 0) is 22.6 Å². The summed E-state index contributed by atoms with van der Waals surface area (Å²) in [6, 6.07) is 2.35. The van der Waals surface area contributed by atoms with Gasteiger partial charge in [0, 0.05) is 25.2 Å². The average Bonchev–Trinajstić information content (AvgIpc) is 2.16. The minimum Gasteiger partial charge on any atom is -0.389 e. The maximum absolute atomic E-state index is 13.3. The summed E-state index contributed by atoms with van der Waals surface area (Å²) in [6.45, 7) is 0.613. The third-order valence-electron chi connectivity index (χ3n) is 2.42. The molecule has 16 heavy (non-hydrogen) atoms. The Labute approximate surface area is 104 Å². The zero-order valence-corrected chi connectivity index (χ0v) is 10.2. The van der Waals surface area contributed by atoms with Crippen LogP contribution in [0.25, 0.3) is 0 Å². The monoisotopic (exact) mass is 338 g/mol. The molecule has 0 radical (unpaired) electrons. The molecule has 86 valence electrons. The normalized spacial score (nSPS) is 16.1. The Bertz CT molecular complexity index is 449. The summed E-state index contributed by atoms with van der Waals surface area (Å²) in [5.41, 5.74) is 0.103. The van der Waals surface area contributed by atoms with E-state index in [0.717, 1.165) is 6.07 Å². The molecule has 0 saturated carbocycles. The lowest BCUT2D eigenvalue weighted by molar-refractivity contribution is -0.384. The first-order valence-electron chi connectivity index (χ1n) is 4.55. The van der Waals surface area contributed by atoms with E-state index in [4.69, 9.17) is 5.11 Å². The van der Waals surface area contributed by atoms with E-state index in [-0.39, 0.29) is 14.9 Å². The number of anilines is 1. The molecule has 5 nitrogen and oxygen atoms in total. The molecule has 2 rings (SSSR count). The fourth-order valence-electron chi connectivity index (χ4n) is 1.58. The van der Waals surface area contributed by atoms with Gasteiger partial charge in [0.2, 0.25) is 0 Å². The molecule has 7 heteroatoms. The van der Waals surface area contributed by atoms with Crippen molar-refractivity contribution in [3.8, 4) is 0 Å². The topological polar surface area (TPSA) is 66.6 Å². The number of hydrogen-bond acceptors (Lipinski definition) is 4. The molecular formula is C9H8FIN2O3. The number of aliphatic hydroxyl groups is 1. The van der Waals surface area contributed by atoms with E-state index in [1.165, 1.54) is 6.07 Å². The summed E-state index contributed by atoms with van der Waals surface area (Å²) >= 11 is 1.71. The molecule has 0 unspecified atom stereocenters. The van der Waals surface area contributed by atoms with Crippen LogP contribution in [-0.2, 0) is 0 Å².